The molecule has 0 aromatic heterocycles. The molecule has 0 aliphatic carbocycles. The molecular weight excluding hydrogens is 378 g/mol. The Morgan fingerprint density at radius 3 is 2.40 bits per heavy atom. The minimum atomic E-state index is -0.459. The van der Waals surface area contributed by atoms with Gasteiger partial charge in [0.05, 0.1) is 24.6 Å². The summed E-state index contributed by atoms with van der Waals surface area (Å²) in [5.74, 6) is 0. The number of benzene rings is 2. The fourth-order valence-corrected chi connectivity index (χ4v) is 3.14. The molecule has 30 heavy (non-hydrogen) atoms. The Balaban J connectivity index is 1.39. The van der Waals surface area contributed by atoms with Crippen LogP contribution >= 0.6 is 0 Å². The van der Waals surface area contributed by atoms with E-state index in [4.69, 9.17) is 9.47 Å². The second-order valence-electron chi connectivity index (χ2n) is 8.46. The zero-order valence-corrected chi connectivity index (χ0v) is 18.0. The fourth-order valence-electron chi connectivity index (χ4n) is 3.14. The molecule has 0 radical (unpaired) electrons. The van der Waals surface area contributed by atoms with Crippen molar-refractivity contribution in [2.24, 2.45) is 5.10 Å². The van der Waals surface area contributed by atoms with Gasteiger partial charge in [0.1, 0.15) is 5.60 Å². The van der Waals surface area contributed by atoms with Gasteiger partial charge in [-0.1, -0.05) is 42.5 Å². The minimum absolute atomic E-state index is 0.167. The van der Waals surface area contributed by atoms with Gasteiger partial charge in [0.15, 0.2) is 0 Å². The summed E-state index contributed by atoms with van der Waals surface area (Å²) in [5.41, 5.74) is 5.65. The van der Waals surface area contributed by atoms with Crippen molar-refractivity contribution in [3.05, 3.63) is 65.7 Å². The SMILES string of the molecule is CC(C)(C)OC(=O)N1CCC(OCc2ccc(C=NNc3ccccc3)cc2)CC1. The van der Waals surface area contributed by atoms with Gasteiger partial charge in [0.25, 0.3) is 0 Å². The number of carbonyl (C=O) groups is 1. The van der Waals surface area contributed by atoms with E-state index >= 15 is 0 Å². The highest BCUT2D eigenvalue weighted by Crippen LogP contribution is 2.18. The summed E-state index contributed by atoms with van der Waals surface area (Å²) in [5, 5.41) is 4.26. The smallest absolute Gasteiger partial charge is 0.410 e. The van der Waals surface area contributed by atoms with E-state index in [1.54, 1.807) is 11.1 Å². The first-order valence-electron chi connectivity index (χ1n) is 10.4. The summed E-state index contributed by atoms with van der Waals surface area (Å²) in [6, 6.07) is 18.0. The van der Waals surface area contributed by atoms with Crippen LogP contribution in [0.2, 0.25) is 0 Å². The average molecular weight is 410 g/mol. The lowest BCUT2D eigenvalue weighted by Gasteiger charge is -2.33. The van der Waals surface area contributed by atoms with Crippen molar-refractivity contribution < 1.29 is 14.3 Å². The topological polar surface area (TPSA) is 63.2 Å². The highest BCUT2D eigenvalue weighted by atomic mass is 16.6. The molecule has 0 spiro atoms. The van der Waals surface area contributed by atoms with E-state index in [1.807, 2.05) is 63.2 Å². The quantitative estimate of drug-likeness (QED) is 0.536. The number of hydrogen-bond donors (Lipinski definition) is 1. The average Bonchev–Trinajstić information content (AvgIpc) is 2.73. The number of amides is 1. The van der Waals surface area contributed by atoms with Crippen LogP contribution in [0.25, 0.3) is 0 Å². The molecule has 2 aromatic carbocycles. The lowest BCUT2D eigenvalue weighted by atomic mass is 10.1. The Bertz CT molecular complexity index is 821. The predicted octanol–water partition coefficient (Wildman–Crippen LogP) is 5.05. The number of ether oxygens (including phenoxy) is 2. The lowest BCUT2D eigenvalue weighted by Crippen LogP contribution is -2.43. The molecule has 1 saturated heterocycles. The Labute approximate surface area is 178 Å². The monoisotopic (exact) mass is 409 g/mol. The second-order valence-corrected chi connectivity index (χ2v) is 8.46. The van der Waals surface area contributed by atoms with E-state index in [-0.39, 0.29) is 12.2 Å². The van der Waals surface area contributed by atoms with Crippen molar-refractivity contribution in [1.29, 1.82) is 0 Å². The van der Waals surface area contributed by atoms with E-state index in [0.29, 0.717) is 19.7 Å². The van der Waals surface area contributed by atoms with Crippen molar-refractivity contribution in [2.75, 3.05) is 18.5 Å². The summed E-state index contributed by atoms with van der Waals surface area (Å²) in [6.45, 7) is 7.57. The maximum Gasteiger partial charge on any atom is 0.410 e. The summed E-state index contributed by atoms with van der Waals surface area (Å²) >= 11 is 0. The molecule has 0 unspecified atom stereocenters. The molecule has 1 aliphatic rings. The Hall–Kier alpha value is -2.86. The van der Waals surface area contributed by atoms with Gasteiger partial charge in [-0.05, 0) is 56.9 Å². The summed E-state index contributed by atoms with van der Waals surface area (Å²) < 4.78 is 11.5. The molecule has 1 heterocycles. The van der Waals surface area contributed by atoms with Crippen LogP contribution < -0.4 is 5.43 Å². The summed E-state index contributed by atoms with van der Waals surface area (Å²) in [4.78, 5) is 13.9. The molecule has 2 aromatic rings. The highest BCUT2D eigenvalue weighted by molar-refractivity contribution is 5.80. The molecule has 1 N–H and O–H groups in total. The molecule has 160 valence electrons. The molecular formula is C24H31N3O3. The number of para-hydroxylation sites is 1. The Morgan fingerprint density at radius 1 is 1.10 bits per heavy atom. The third-order valence-corrected chi connectivity index (χ3v) is 4.74. The summed E-state index contributed by atoms with van der Waals surface area (Å²) in [7, 11) is 0. The minimum Gasteiger partial charge on any atom is -0.444 e. The van der Waals surface area contributed by atoms with Crippen molar-refractivity contribution in [2.45, 2.75) is 51.9 Å². The molecule has 0 atom stereocenters. The van der Waals surface area contributed by atoms with Gasteiger partial charge in [-0.25, -0.2) is 4.79 Å². The van der Waals surface area contributed by atoms with Crippen molar-refractivity contribution >= 4 is 18.0 Å². The number of hydrazone groups is 1. The third kappa shape index (κ3) is 7.19. The van der Waals surface area contributed by atoms with E-state index in [1.165, 1.54) is 0 Å². The van der Waals surface area contributed by atoms with Gasteiger partial charge >= 0.3 is 6.09 Å². The van der Waals surface area contributed by atoms with Gasteiger partial charge in [0, 0.05) is 13.1 Å². The van der Waals surface area contributed by atoms with Crippen LogP contribution in [-0.2, 0) is 16.1 Å². The lowest BCUT2D eigenvalue weighted by molar-refractivity contribution is -0.0170. The van der Waals surface area contributed by atoms with Crippen molar-refractivity contribution in [3.63, 3.8) is 0 Å². The molecule has 6 nitrogen and oxygen atoms in total. The Kier molecular flexibility index (Phi) is 7.46. The number of piperidine rings is 1. The zero-order chi connectivity index (χ0) is 21.4. The molecule has 1 fully saturated rings. The van der Waals surface area contributed by atoms with Gasteiger partial charge in [-0.3, -0.25) is 5.43 Å². The van der Waals surface area contributed by atoms with Crippen molar-refractivity contribution in [1.82, 2.24) is 4.90 Å². The number of hydrogen-bond acceptors (Lipinski definition) is 5. The molecule has 0 bridgehead atoms. The first-order chi connectivity index (χ1) is 14.4. The van der Waals surface area contributed by atoms with E-state index < -0.39 is 5.60 Å². The molecule has 3 rings (SSSR count). The standard InChI is InChI=1S/C24H31N3O3/c1-24(2,3)30-23(28)27-15-13-22(14-16-27)29-18-20-11-9-19(10-12-20)17-25-26-21-7-5-4-6-8-21/h4-12,17,22,26H,13-16,18H2,1-3H3. The Morgan fingerprint density at radius 2 is 1.77 bits per heavy atom. The molecule has 6 heteroatoms. The number of carbonyl (C=O) groups excluding carboxylic acids is 1. The van der Waals surface area contributed by atoms with Crippen LogP contribution in [0.5, 0.6) is 0 Å². The van der Waals surface area contributed by atoms with Crippen LogP contribution in [0.3, 0.4) is 0 Å². The highest BCUT2D eigenvalue weighted by Gasteiger charge is 2.27. The molecule has 1 aliphatic heterocycles. The van der Waals surface area contributed by atoms with Crippen LogP contribution in [0.1, 0.15) is 44.7 Å². The molecule has 1 amide bonds. The van der Waals surface area contributed by atoms with Crippen molar-refractivity contribution in [3.8, 4) is 0 Å². The summed E-state index contributed by atoms with van der Waals surface area (Å²) in [6.07, 6.45) is 3.38. The first-order valence-corrected chi connectivity index (χ1v) is 10.4. The maximum absolute atomic E-state index is 12.1. The third-order valence-electron chi connectivity index (χ3n) is 4.74. The van der Waals surface area contributed by atoms with E-state index in [2.05, 4.69) is 22.7 Å². The number of anilines is 1. The largest absolute Gasteiger partial charge is 0.444 e. The number of likely N-dealkylation sites (tertiary alicyclic amines) is 1. The zero-order valence-electron chi connectivity index (χ0n) is 18.0. The molecule has 0 saturated carbocycles. The van der Waals surface area contributed by atoms with Crippen LogP contribution in [0.4, 0.5) is 10.5 Å². The van der Waals surface area contributed by atoms with E-state index in [9.17, 15) is 4.79 Å². The fraction of sp³-hybridized carbons (Fsp3) is 0.417. The van der Waals surface area contributed by atoms with Crippen LogP contribution in [0.15, 0.2) is 59.7 Å². The van der Waals surface area contributed by atoms with Crippen LogP contribution in [0, 0.1) is 0 Å². The number of nitrogens with one attached hydrogen (secondary N) is 1. The van der Waals surface area contributed by atoms with E-state index in [0.717, 1.165) is 29.7 Å². The number of nitrogens with zero attached hydrogens (tertiary/aromatic N) is 2. The van der Waals surface area contributed by atoms with Gasteiger partial charge in [-0.15, -0.1) is 0 Å². The number of rotatable bonds is 6. The predicted molar refractivity (Wildman–Crippen MR) is 120 cm³/mol. The maximum atomic E-state index is 12.1. The second kappa shape index (κ2) is 10.3. The normalized spacial score (nSPS) is 15.4. The van der Waals surface area contributed by atoms with Crippen LogP contribution in [-0.4, -0.2) is 42.0 Å². The van der Waals surface area contributed by atoms with Gasteiger partial charge in [-0.2, -0.15) is 5.10 Å². The van der Waals surface area contributed by atoms with Gasteiger partial charge < -0.3 is 14.4 Å². The van der Waals surface area contributed by atoms with Gasteiger partial charge in [0.2, 0.25) is 0 Å². The first kappa shape index (κ1) is 21.8.